The van der Waals surface area contributed by atoms with Crippen LogP contribution in [0.25, 0.3) is 33.6 Å². The average molecular weight is 313 g/mol. The van der Waals surface area contributed by atoms with Gasteiger partial charge in [0.25, 0.3) is 0 Å². The van der Waals surface area contributed by atoms with Crippen LogP contribution in [0.3, 0.4) is 0 Å². The summed E-state index contributed by atoms with van der Waals surface area (Å²) in [4.78, 5) is 15.7. The monoisotopic (exact) mass is 313 g/mol. The number of ketones is 1. The highest BCUT2D eigenvalue weighted by Crippen LogP contribution is 2.28. The van der Waals surface area contributed by atoms with E-state index < -0.39 is 0 Å². The minimum atomic E-state index is 0.0470. The second kappa shape index (κ2) is 5.78. The van der Waals surface area contributed by atoms with E-state index in [4.69, 9.17) is 4.42 Å². The standard InChI is InChI=1S/C21H15NO2/c1-14(23)15-6-9-17(10-7-15)21-22-13-20(24-21)19-11-8-16-4-2-3-5-18(16)12-19/h2-13H,1H3. The van der Waals surface area contributed by atoms with Crippen molar-refractivity contribution in [2.75, 3.05) is 0 Å². The number of carbonyl (C=O) groups excluding carboxylic acids is 1. The van der Waals surface area contributed by atoms with Crippen molar-refractivity contribution in [3.63, 3.8) is 0 Å². The molecule has 1 aromatic heterocycles. The summed E-state index contributed by atoms with van der Waals surface area (Å²) in [7, 11) is 0. The molecule has 4 rings (SSSR count). The molecule has 0 N–H and O–H groups in total. The quantitative estimate of drug-likeness (QED) is 0.478. The molecular weight excluding hydrogens is 298 g/mol. The summed E-state index contributed by atoms with van der Waals surface area (Å²) in [5, 5.41) is 2.36. The Bertz CT molecular complexity index is 1030. The Labute approximate surface area is 139 Å². The van der Waals surface area contributed by atoms with E-state index in [1.807, 2.05) is 30.3 Å². The van der Waals surface area contributed by atoms with Crippen molar-refractivity contribution >= 4 is 16.6 Å². The van der Waals surface area contributed by atoms with E-state index in [9.17, 15) is 4.79 Å². The number of fused-ring (bicyclic) bond motifs is 1. The van der Waals surface area contributed by atoms with Gasteiger partial charge in [0.2, 0.25) is 5.89 Å². The Morgan fingerprint density at radius 2 is 1.58 bits per heavy atom. The van der Waals surface area contributed by atoms with Crippen LogP contribution < -0.4 is 0 Å². The lowest BCUT2D eigenvalue weighted by atomic mass is 10.1. The van der Waals surface area contributed by atoms with Gasteiger partial charge in [-0.1, -0.05) is 48.5 Å². The zero-order chi connectivity index (χ0) is 16.5. The maximum Gasteiger partial charge on any atom is 0.226 e. The lowest BCUT2D eigenvalue weighted by Gasteiger charge is -2.01. The maximum absolute atomic E-state index is 11.4. The Kier molecular flexibility index (Phi) is 3.47. The average Bonchev–Trinajstić information content (AvgIpc) is 3.11. The van der Waals surface area contributed by atoms with E-state index in [2.05, 4.69) is 29.2 Å². The summed E-state index contributed by atoms with van der Waals surface area (Å²) in [6.45, 7) is 1.55. The predicted octanol–water partition coefficient (Wildman–Crippen LogP) is 5.36. The molecule has 0 fully saturated rings. The van der Waals surface area contributed by atoms with Gasteiger partial charge in [0, 0.05) is 16.7 Å². The van der Waals surface area contributed by atoms with E-state index >= 15 is 0 Å². The first kappa shape index (κ1) is 14.4. The van der Waals surface area contributed by atoms with Crippen molar-refractivity contribution < 1.29 is 9.21 Å². The van der Waals surface area contributed by atoms with Crippen LogP contribution in [0.4, 0.5) is 0 Å². The minimum Gasteiger partial charge on any atom is -0.436 e. The summed E-state index contributed by atoms with van der Waals surface area (Å²) in [6, 6.07) is 21.7. The van der Waals surface area contributed by atoms with E-state index in [-0.39, 0.29) is 5.78 Å². The summed E-state index contributed by atoms with van der Waals surface area (Å²) >= 11 is 0. The van der Waals surface area contributed by atoms with Crippen molar-refractivity contribution in [1.29, 1.82) is 0 Å². The molecule has 0 aliphatic rings. The summed E-state index contributed by atoms with van der Waals surface area (Å²) < 4.78 is 5.91. The number of rotatable bonds is 3. The van der Waals surface area contributed by atoms with E-state index in [1.165, 1.54) is 10.8 Å². The predicted molar refractivity (Wildman–Crippen MR) is 94.9 cm³/mol. The van der Waals surface area contributed by atoms with Crippen LogP contribution in [0.2, 0.25) is 0 Å². The molecule has 0 saturated carbocycles. The minimum absolute atomic E-state index is 0.0470. The van der Waals surface area contributed by atoms with Gasteiger partial charge in [0.1, 0.15) is 0 Å². The van der Waals surface area contributed by atoms with Gasteiger partial charge in [-0.15, -0.1) is 0 Å². The summed E-state index contributed by atoms with van der Waals surface area (Å²) in [6.07, 6.45) is 1.73. The highest BCUT2D eigenvalue weighted by atomic mass is 16.4. The number of oxazole rings is 1. The first-order chi connectivity index (χ1) is 11.7. The first-order valence-electron chi connectivity index (χ1n) is 7.77. The molecule has 0 saturated heterocycles. The van der Waals surface area contributed by atoms with Gasteiger partial charge in [-0.05, 0) is 35.9 Å². The first-order valence-corrected chi connectivity index (χ1v) is 7.77. The second-order valence-corrected chi connectivity index (χ2v) is 5.73. The molecule has 3 heteroatoms. The van der Waals surface area contributed by atoms with Gasteiger partial charge in [0.05, 0.1) is 6.20 Å². The fraction of sp³-hybridized carbons (Fsp3) is 0.0476. The molecule has 0 amide bonds. The van der Waals surface area contributed by atoms with Crippen LogP contribution in [0.1, 0.15) is 17.3 Å². The summed E-state index contributed by atoms with van der Waals surface area (Å²) in [5.41, 5.74) is 2.53. The third-order valence-electron chi connectivity index (χ3n) is 4.08. The number of hydrogen-bond acceptors (Lipinski definition) is 3. The number of hydrogen-bond donors (Lipinski definition) is 0. The van der Waals surface area contributed by atoms with Crippen LogP contribution in [-0.4, -0.2) is 10.8 Å². The molecule has 4 aromatic rings. The molecule has 0 unspecified atom stereocenters. The molecule has 0 atom stereocenters. The number of aromatic nitrogens is 1. The second-order valence-electron chi connectivity index (χ2n) is 5.73. The maximum atomic E-state index is 11.4. The molecule has 0 spiro atoms. The highest BCUT2D eigenvalue weighted by Gasteiger charge is 2.09. The van der Waals surface area contributed by atoms with E-state index in [1.54, 1.807) is 25.3 Å². The molecule has 3 aromatic carbocycles. The van der Waals surface area contributed by atoms with Crippen molar-refractivity contribution in [2.45, 2.75) is 6.92 Å². The lowest BCUT2D eigenvalue weighted by molar-refractivity contribution is 0.101. The van der Waals surface area contributed by atoms with Crippen molar-refractivity contribution in [3.8, 4) is 22.8 Å². The van der Waals surface area contributed by atoms with Crippen molar-refractivity contribution in [3.05, 3.63) is 78.5 Å². The Hall–Kier alpha value is -3.20. The van der Waals surface area contributed by atoms with Crippen LogP contribution in [0, 0.1) is 0 Å². The summed E-state index contributed by atoms with van der Waals surface area (Å²) in [5.74, 6) is 1.32. The normalized spacial score (nSPS) is 10.9. The molecule has 0 bridgehead atoms. The Morgan fingerprint density at radius 3 is 2.33 bits per heavy atom. The third kappa shape index (κ3) is 2.61. The molecule has 0 radical (unpaired) electrons. The van der Waals surface area contributed by atoms with E-state index in [0.717, 1.165) is 16.9 Å². The topological polar surface area (TPSA) is 43.1 Å². The van der Waals surface area contributed by atoms with E-state index in [0.29, 0.717) is 11.5 Å². The van der Waals surface area contributed by atoms with Crippen molar-refractivity contribution in [1.82, 2.24) is 4.98 Å². The van der Waals surface area contributed by atoms with Crippen LogP contribution >= 0.6 is 0 Å². The largest absolute Gasteiger partial charge is 0.436 e. The smallest absolute Gasteiger partial charge is 0.226 e. The highest BCUT2D eigenvalue weighted by molar-refractivity contribution is 5.94. The fourth-order valence-corrected chi connectivity index (χ4v) is 2.73. The molecule has 0 aliphatic heterocycles. The number of benzene rings is 3. The number of nitrogens with zero attached hydrogens (tertiary/aromatic N) is 1. The SMILES string of the molecule is CC(=O)c1ccc(-c2ncc(-c3ccc4ccccc4c3)o2)cc1. The number of carbonyl (C=O) groups is 1. The molecule has 24 heavy (non-hydrogen) atoms. The third-order valence-corrected chi connectivity index (χ3v) is 4.08. The zero-order valence-electron chi connectivity index (χ0n) is 13.2. The fourth-order valence-electron chi connectivity index (χ4n) is 2.73. The molecule has 3 nitrogen and oxygen atoms in total. The zero-order valence-corrected chi connectivity index (χ0v) is 13.2. The molecule has 116 valence electrons. The molecular formula is C21H15NO2. The molecule has 0 aliphatic carbocycles. The lowest BCUT2D eigenvalue weighted by Crippen LogP contribution is -1.90. The van der Waals surface area contributed by atoms with Crippen LogP contribution in [0.15, 0.2) is 77.3 Å². The van der Waals surface area contributed by atoms with Crippen LogP contribution in [0.5, 0.6) is 0 Å². The van der Waals surface area contributed by atoms with Crippen molar-refractivity contribution in [2.24, 2.45) is 0 Å². The van der Waals surface area contributed by atoms with Gasteiger partial charge < -0.3 is 4.42 Å². The van der Waals surface area contributed by atoms with Gasteiger partial charge >= 0.3 is 0 Å². The Morgan fingerprint density at radius 1 is 0.875 bits per heavy atom. The van der Waals surface area contributed by atoms with Gasteiger partial charge in [-0.2, -0.15) is 0 Å². The van der Waals surface area contributed by atoms with Gasteiger partial charge in [0.15, 0.2) is 11.5 Å². The molecule has 1 heterocycles. The van der Waals surface area contributed by atoms with Gasteiger partial charge in [-0.25, -0.2) is 4.98 Å². The van der Waals surface area contributed by atoms with Crippen LogP contribution in [-0.2, 0) is 0 Å². The number of Topliss-reactive ketones (excluding diaryl/α,β-unsaturated/α-hetero) is 1. The van der Waals surface area contributed by atoms with Gasteiger partial charge in [-0.3, -0.25) is 4.79 Å². The Balaban J connectivity index is 1.69.